The summed E-state index contributed by atoms with van der Waals surface area (Å²) >= 11 is 0. The maximum Gasteiger partial charge on any atom is 0.280 e. The molecule has 0 atom stereocenters. The first-order valence-electron chi connectivity index (χ1n) is 11.7. The van der Waals surface area contributed by atoms with Gasteiger partial charge in [-0.15, -0.1) is 0 Å². The number of alkyl halides is 4. The highest BCUT2D eigenvalue weighted by atomic mass is 19.3. The van der Waals surface area contributed by atoms with Crippen molar-refractivity contribution in [2.75, 3.05) is 5.73 Å². The van der Waals surface area contributed by atoms with Gasteiger partial charge in [0.25, 0.3) is 18.8 Å². The van der Waals surface area contributed by atoms with Crippen LogP contribution in [0, 0.1) is 0 Å². The van der Waals surface area contributed by atoms with E-state index in [9.17, 15) is 22.4 Å². The van der Waals surface area contributed by atoms with Crippen LogP contribution < -0.4 is 11.1 Å². The predicted octanol–water partition coefficient (Wildman–Crippen LogP) is 6.14. The van der Waals surface area contributed by atoms with Crippen LogP contribution in [0.1, 0.15) is 40.3 Å². The number of amides is 1. The lowest BCUT2D eigenvalue weighted by molar-refractivity contribution is 0.0946. The van der Waals surface area contributed by atoms with Gasteiger partial charge in [0.05, 0.1) is 16.9 Å². The molecule has 3 aromatic heterocycles. The lowest BCUT2D eigenvalue weighted by atomic mass is 10.0. The zero-order valence-corrected chi connectivity index (χ0v) is 20.2. The third-order valence-electron chi connectivity index (χ3n) is 5.89. The van der Waals surface area contributed by atoms with E-state index in [0.717, 1.165) is 28.6 Å². The molecule has 7 nitrogen and oxygen atoms in total. The molecule has 0 saturated carbocycles. The van der Waals surface area contributed by atoms with E-state index in [4.69, 9.17) is 5.73 Å². The van der Waals surface area contributed by atoms with Crippen LogP contribution >= 0.6 is 0 Å². The molecule has 11 heteroatoms. The Morgan fingerprint density at radius 2 is 1.49 bits per heavy atom. The predicted molar refractivity (Wildman–Crippen MR) is 138 cm³/mol. The average molecular weight is 533 g/mol. The fourth-order valence-corrected chi connectivity index (χ4v) is 4.06. The van der Waals surface area contributed by atoms with E-state index in [1.54, 1.807) is 18.3 Å². The number of aromatic nitrogens is 4. The smallest absolute Gasteiger partial charge is 0.280 e. The van der Waals surface area contributed by atoms with E-state index in [0.29, 0.717) is 17.0 Å². The fraction of sp³-hybridized carbons (Fsp3) is 0.107. The number of nitrogens with one attached hydrogen (secondary N) is 1. The molecule has 0 bridgehead atoms. The maximum absolute atomic E-state index is 13.2. The van der Waals surface area contributed by atoms with E-state index in [1.165, 1.54) is 0 Å². The number of halogens is 4. The van der Waals surface area contributed by atoms with Gasteiger partial charge in [0, 0.05) is 29.3 Å². The van der Waals surface area contributed by atoms with Gasteiger partial charge in [-0.25, -0.2) is 32.5 Å². The second-order valence-corrected chi connectivity index (χ2v) is 8.54. The minimum Gasteiger partial charge on any atom is -0.382 e. The van der Waals surface area contributed by atoms with Crippen LogP contribution in [-0.4, -0.2) is 25.8 Å². The molecule has 0 aliphatic carbocycles. The van der Waals surface area contributed by atoms with Crippen LogP contribution in [0.2, 0.25) is 0 Å². The molecule has 5 aromatic rings. The van der Waals surface area contributed by atoms with Crippen LogP contribution in [-0.2, 0) is 6.54 Å². The highest BCUT2D eigenvalue weighted by Crippen LogP contribution is 2.32. The Morgan fingerprint density at radius 1 is 0.795 bits per heavy atom. The summed E-state index contributed by atoms with van der Waals surface area (Å²) in [6.45, 7) is -0.334. The van der Waals surface area contributed by atoms with Crippen LogP contribution in [0.25, 0.3) is 33.4 Å². The molecule has 0 fully saturated rings. The number of carbonyl (C=O) groups excluding carboxylic acids is 1. The minimum absolute atomic E-state index is 0.0265. The van der Waals surface area contributed by atoms with Gasteiger partial charge in [0.2, 0.25) is 0 Å². The third kappa shape index (κ3) is 5.52. The number of benzene rings is 2. The molecule has 5 rings (SSSR count). The van der Waals surface area contributed by atoms with Gasteiger partial charge in [0.15, 0.2) is 11.5 Å². The zero-order valence-electron chi connectivity index (χ0n) is 20.2. The molecule has 3 heterocycles. The van der Waals surface area contributed by atoms with Crippen LogP contribution in [0.15, 0.2) is 79.0 Å². The van der Waals surface area contributed by atoms with Crippen molar-refractivity contribution in [2.24, 2.45) is 0 Å². The van der Waals surface area contributed by atoms with Crippen molar-refractivity contribution in [1.82, 2.24) is 25.3 Å². The Balaban J connectivity index is 1.52. The minimum atomic E-state index is -3.05. The normalized spacial score (nSPS) is 11.3. The fourth-order valence-electron chi connectivity index (χ4n) is 4.06. The van der Waals surface area contributed by atoms with E-state index < -0.39 is 30.1 Å². The molecule has 1 amide bonds. The second-order valence-electron chi connectivity index (χ2n) is 8.54. The number of hydrogen-bond donors (Lipinski definition) is 2. The SMILES string of the molecule is Nc1nc(-c2ccccc2)c(-c2ccc3ncccc3c2)nc1C(=O)NCc1cc(C(F)F)nc(C(F)F)c1. The summed E-state index contributed by atoms with van der Waals surface area (Å²) in [5.74, 6) is -0.911. The number of nitrogens with two attached hydrogens (primary N) is 1. The summed E-state index contributed by atoms with van der Waals surface area (Å²) in [4.78, 5) is 29.7. The molecule has 0 unspecified atom stereocenters. The Hall–Kier alpha value is -4.93. The molecule has 39 heavy (non-hydrogen) atoms. The number of hydrogen-bond acceptors (Lipinski definition) is 6. The maximum atomic E-state index is 13.2. The second kappa shape index (κ2) is 10.8. The van der Waals surface area contributed by atoms with Crippen molar-refractivity contribution >= 4 is 22.6 Å². The average Bonchev–Trinajstić information content (AvgIpc) is 2.95. The number of fused-ring (bicyclic) bond motifs is 1. The first-order chi connectivity index (χ1) is 18.8. The standard InChI is InChI=1S/C28H20F4N6O/c29-25(30)20-11-15(12-21(36-20)26(31)32)14-35-28(39)24-27(33)38-22(16-5-2-1-3-6-16)23(37-24)18-8-9-19-17(13-18)7-4-10-34-19/h1-13,25-26H,14H2,(H2,33,38)(H,35,39). The van der Waals surface area contributed by atoms with Gasteiger partial charge in [-0.1, -0.05) is 42.5 Å². The number of carbonyl (C=O) groups is 1. The molecule has 196 valence electrons. The van der Waals surface area contributed by atoms with E-state index in [-0.39, 0.29) is 23.6 Å². The highest BCUT2D eigenvalue weighted by Gasteiger charge is 2.21. The van der Waals surface area contributed by atoms with Gasteiger partial charge in [-0.2, -0.15) is 0 Å². The molecule has 2 aromatic carbocycles. The van der Waals surface area contributed by atoms with Crippen LogP contribution in [0.3, 0.4) is 0 Å². The van der Waals surface area contributed by atoms with Gasteiger partial charge < -0.3 is 11.1 Å². The summed E-state index contributed by atoms with van der Waals surface area (Å²) in [5.41, 5.74) is 7.34. The van der Waals surface area contributed by atoms with Crippen molar-refractivity contribution < 1.29 is 22.4 Å². The summed E-state index contributed by atoms with van der Waals surface area (Å²) in [5, 5.41) is 3.36. The molecule has 0 aliphatic heterocycles. The quantitative estimate of drug-likeness (QED) is 0.244. The Kier molecular flexibility index (Phi) is 7.13. The summed E-state index contributed by atoms with van der Waals surface area (Å²) in [7, 11) is 0. The van der Waals surface area contributed by atoms with E-state index in [2.05, 4.69) is 25.3 Å². The third-order valence-corrected chi connectivity index (χ3v) is 5.89. The van der Waals surface area contributed by atoms with E-state index in [1.807, 2.05) is 48.5 Å². The summed E-state index contributed by atoms with van der Waals surface area (Å²) in [6, 6.07) is 20.3. The van der Waals surface area contributed by atoms with Gasteiger partial charge in [-0.05, 0) is 35.9 Å². The molecular weight excluding hydrogens is 512 g/mol. The monoisotopic (exact) mass is 532 g/mol. The first kappa shape index (κ1) is 25.7. The number of nitrogens with zero attached hydrogens (tertiary/aromatic N) is 4. The molecule has 0 saturated heterocycles. The van der Waals surface area contributed by atoms with Gasteiger partial charge in [-0.3, -0.25) is 9.78 Å². The lowest BCUT2D eigenvalue weighted by Gasteiger charge is -2.14. The number of pyridine rings is 2. The van der Waals surface area contributed by atoms with Gasteiger partial charge >= 0.3 is 0 Å². The Bertz CT molecular complexity index is 1640. The van der Waals surface area contributed by atoms with Crippen molar-refractivity contribution in [3.8, 4) is 22.5 Å². The lowest BCUT2D eigenvalue weighted by Crippen LogP contribution is -2.26. The number of nitrogen functional groups attached to an aromatic ring is 1. The topological polar surface area (TPSA) is 107 Å². The molecule has 0 aliphatic rings. The van der Waals surface area contributed by atoms with Crippen molar-refractivity contribution in [3.05, 3.63) is 102 Å². The molecule has 0 spiro atoms. The molecule has 0 radical (unpaired) electrons. The molecule has 3 N–H and O–H groups in total. The van der Waals surface area contributed by atoms with Crippen molar-refractivity contribution in [1.29, 1.82) is 0 Å². The Morgan fingerprint density at radius 3 is 2.18 bits per heavy atom. The van der Waals surface area contributed by atoms with Gasteiger partial charge in [0.1, 0.15) is 11.4 Å². The summed E-state index contributed by atoms with van der Waals surface area (Å²) in [6.07, 6.45) is -4.42. The number of anilines is 1. The van der Waals surface area contributed by atoms with Crippen molar-refractivity contribution in [3.63, 3.8) is 0 Å². The van der Waals surface area contributed by atoms with Crippen LogP contribution in [0.4, 0.5) is 23.4 Å². The molecular formula is C28H20F4N6O. The van der Waals surface area contributed by atoms with Crippen molar-refractivity contribution in [2.45, 2.75) is 19.4 Å². The zero-order chi connectivity index (χ0) is 27.5. The largest absolute Gasteiger partial charge is 0.382 e. The highest BCUT2D eigenvalue weighted by molar-refractivity contribution is 5.98. The number of rotatable bonds is 7. The summed E-state index contributed by atoms with van der Waals surface area (Å²) < 4.78 is 52.6. The van der Waals surface area contributed by atoms with E-state index >= 15 is 0 Å². The first-order valence-corrected chi connectivity index (χ1v) is 11.7. The van der Waals surface area contributed by atoms with Crippen LogP contribution in [0.5, 0.6) is 0 Å². The Labute approximate surface area is 219 Å².